The number of carbonyl (C=O) groups excluding carboxylic acids is 1. The van der Waals surface area contributed by atoms with Crippen LogP contribution in [0, 0.1) is 13.8 Å². The number of rotatable bonds is 5. The first-order chi connectivity index (χ1) is 11.6. The van der Waals surface area contributed by atoms with Crippen LogP contribution in [0.3, 0.4) is 0 Å². The number of nitrogens with zero attached hydrogens (tertiary/aromatic N) is 1. The molecule has 0 fully saturated rings. The summed E-state index contributed by atoms with van der Waals surface area (Å²) < 4.78 is 5.52. The van der Waals surface area contributed by atoms with Gasteiger partial charge in [-0.2, -0.15) is 5.10 Å². The quantitative estimate of drug-likeness (QED) is 0.559. The summed E-state index contributed by atoms with van der Waals surface area (Å²) in [6, 6.07) is 13.8. The minimum absolute atomic E-state index is 0.0743. The second kappa shape index (κ2) is 7.00. The zero-order chi connectivity index (χ0) is 16.9. The third-order valence-electron chi connectivity index (χ3n) is 3.70. The van der Waals surface area contributed by atoms with Crippen molar-refractivity contribution in [2.75, 3.05) is 6.61 Å². The molecule has 3 rings (SSSR count). The molecule has 3 aromatic rings. The van der Waals surface area contributed by atoms with E-state index in [0.29, 0.717) is 5.75 Å². The molecular formula is C19H19N3O2. The Morgan fingerprint density at radius 3 is 2.92 bits per heavy atom. The number of hydrazone groups is 1. The van der Waals surface area contributed by atoms with Crippen LogP contribution in [0.25, 0.3) is 10.9 Å². The highest BCUT2D eigenvalue weighted by Crippen LogP contribution is 2.18. The van der Waals surface area contributed by atoms with Gasteiger partial charge < -0.3 is 9.72 Å². The number of fused-ring (bicyclic) bond motifs is 1. The molecule has 122 valence electrons. The second-order valence-electron chi connectivity index (χ2n) is 5.64. The molecule has 0 bridgehead atoms. The lowest BCUT2D eigenvalue weighted by atomic mass is 10.1. The molecule has 0 unspecified atom stereocenters. The van der Waals surface area contributed by atoms with Crippen molar-refractivity contribution in [1.82, 2.24) is 10.4 Å². The highest BCUT2D eigenvalue weighted by Gasteiger charge is 2.04. The summed E-state index contributed by atoms with van der Waals surface area (Å²) in [6.07, 6.45) is 3.47. The predicted molar refractivity (Wildman–Crippen MR) is 95.4 cm³/mol. The molecule has 0 radical (unpaired) electrons. The number of nitrogens with one attached hydrogen (secondary N) is 2. The van der Waals surface area contributed by atoms with Gasteiger partial charge in [-0.3, -0.25) is 4.79 Å². The third-order valence-corrected chi connectivity index (χ3v) is 3.70. The smallest absolute Gasteiger partial charge is 0.277 e. The zero-order valence-electron chi connectivity index (χ0n) is 13.7. The Kier molecular flexibility index (Phi) is 4.61. The average Bonchev–Trinajstić information content (AvgIpc) is 2.97. The van der Waals surface area contributed by atoms with Gasteiger partial charge in [0.05, 0.1) is 6.21 Å². The molecule has 5 nitrogen and oxygen atoms in total. The monoisotopic (exact) mass is 321 g/mol. The van der Waals surface area contributed by atoms with Gasteiger partial charge in [-0.05, 0) is 31.5 Å². The predicted octanol–water partition coefficient (Wildman–Crippen LogP) is 3.31. The van der Waals surface area contributed by atoms with Gasteiger partial charge in [0.15, 0.2) is 6.61 Å². The molecular weight excluding hydrogens is 302 g/mol. The van der Waals surface area contributed by atoms with Crippen molar-refractivity contribution >= 4 is 23.0 Å². The van der Waals surface area contributed by atoms with Gasteiger partial charge >= 0.3 is 0 Å². The van der Waals surface area contributed by atoms with Crippen molar-refractivity contribution in [2.24, 2.45) is 5.10 Å². The lowest BCUT2D eigenvalue weighted by Gasteiger charge is -2.08. The molecule has 24 heavy (non-hydrogen) atoms. The number of H-pyrrole nitrogens is 1. The van der Waals surface area contributed by atoms with E-state index in [-0.39, 0.29) is 12.5 Å². The van der Waals surface area contributed by atoms with Crippen LogP contribution in [-0.2, 0) is 4.79 Å². The molecule has 0 atom stereocenters. The first-order valence-corrected chi connectivity index (χ1v) is 7.71. The van der Waals surface area contributed by atoms with Gasteiger partial charge in [0.1, 0.15) is 5.75 Å². The van der Waals surface area contributed by atoms with Gasteiger partial charge in [0, 0.05) is 22.7 Å². The van der Waals surface area contributed by atoms with E-state index in [9.17, 15) is 4.79 Å². The van der Waals surface area contributed by atoms with Crippen LogP contribution in [0.15, 0.2) is 53.8 Å². The Morgan fingerprint density at radius 1 is 1.25 bits per heavy atom. The van der Waals surface area contributed by atoms with E-state index in [1.54, 1.807) is 6.21 Å². The van der Waals surface area contributed by atoms with Crippen molar-refractivity contribution in [3.05, 3.63) is 65.4 Å². The molecule has 5 heteroatoms. The maximum atomic E-state index is 11.8. The summed E-state index contributed by atoms with van der Waals surface area (Å²) in [5.74, 6) is 0.405. The summed E-state index contributed by atoms with van der Waals surface area (Å²) in [5, 5.41) is 5.05. The van der Waals surface area contributed by atoms with Gasteiger partial charge in [-0.1, -0.05) is 35.9 Å². The van der Waals surface area contributed by atoms with E-state index in [1.165, 1.54) is 0 Å². The number of para-hydroxylation sites is 1. The van der Waals surface area contributed by atoms with Gasteiger partial charge in [-0.15, -0.1) is 0 Å². The number of aryl methyl sites for hydroxylation is 2. The van der Waals surface area contributed by atoms with Crippen LogP contribution in [0.5, 0.6) is 5.75 Å². The first-order valence-electron chi connectivity index (χ1n) is 7.71. The Bertz CT molecular complexity index is 897. The van der Waals surface area contributed by atoms with Gasteiger partial charge in [0.25, 0.3) is 5.91 Å². The van der Waals surface area contributed by atoms with E-state index in [2.05, 4.69) is 15.5 Å². The number of hydrogen-bond donors (Lipinski definition) is 2. The average molecular weight is 321 g/mol. The number of ether oxygens (including phenoxy) is 1. The molecule has 0 spiro atoms. The largest absolute Gasteiger partial charge is 0.483 e. The zero-order valence-corrected chi connectivity index (χ0v) is 13.7. The number of amides is 1. The SMILES string of the molecule is Cc1ccc(OCC(=O)N/N=C\c2c[nH]c3ccccc23)c(C)c1. The summed E-state index contributed by atoms with van der Waals surface area (Å²) in [7, 11) is 0. The van der Waals surface area contributed by atoms with Crippen molar-refractivity contribution in [1.29, 1.82) is 0 Å². The van der Waals surface area contributed by atoms with E-state index >= 15 is 0 Å². The minimum Gasteiger partial charge on any atom is -0.483 e. The van der Waals surface area contributed by atoms with Crippen LogP contribution >= 0.6 is 0 Å². The number of benzene rings is 2. The Labute approximate surface area is 140 Å². The molecule has 2 aromatic carbocycles. The molecule has 0 aliphatic rings. The van der Waals surface area contributed by atoms with Crippen molar-refractivity contribution in [3.8, 4) is 5.75 Å². The number of carbonyl (C=O) groups is 1. The summed E-state index contributed by atoms with van der Waals surface area (Å²) in [4.78, 5) is 15.0. The van der Waals surface area contributed by atoms with Crippen LogP contribution < -0.4 is 10.2 Å². The number of aromatic nitrogens is 1. The minimum atomic E-state index is -0.300. The highest BCUT2D eigenvalue weighted by atomic mass is 16.5. The summed E-state index contributed by atoms with van der Waals surface area (Å²) in [5.41, 5.74) is 6.59. The van der Waals surface area contributed by atoms with E-state index in [1.807, 2.05) is 62.5 Å². The van der Waals surface area contributed by atoms with Gasteiger partial charge in [-0.25, -0.2) is 5.43 Å². The molecule has 2 N–H and O–H groups in total. The normalized spacial score (nSPS) is 11.1. The molecule has 0 aliphatic heterocycles. The summed E-state index contributed by atoms with van der Waals surface area (Å²) >= 11 is 0. The Hall–Kier alpha value is -3.08. The lowest BCUT2D eigenvalue weighted by molar-refractivity contribution is -0.123. The second-order valence-corrected chi connectivity index (χ2v) is 5.64. The van der Waals surface area contributed by atoms with Crippen LogP contribution in [0.4, 0.5) is 0 Å². The third kappa shape index (κ3) is 3.63. The Morgan fingerprint density at radius 2 is 2.08 bits per heavy atom. The maximum Gasteiger partial charge on any atom is 0.277 e. The maximum absolute atomic E-state index is 11.8. The first kappa shape index (κ1) is 15.8. The van der Waals surface area contributed by atoms with E-state index in [0.717, 1.165) is 27.6 Å². The number of hydrogen-bond acceptors (Lipinski definition) is 3. The molecule has 0 saturated heterocycles. The molecule has 0 saturated carbocycles. The van der Waals surface area contributed by atoms with Gasteiger partial charge in [0.2, 0.25) is 0 Å². The fraction of sp³-hybridized carbons (Fsp3) is 0.158. The topological polar surface area (TPSA) is 66.5 Å². The van der Waals surface area contributed by atoms with Crippen molar-refractivity contribution < 1.29 is 9.53 Å². The molecule has 1 heterocycles. The summed E-state index contributed by atoms with van der Waals surface area (Å²) in [6.45, 7) is 3.90. The lowest BCUT2D eigenvalue weighted by Crippen LogP contribution is -2.24. The fourth-order valence-corrected chi connectivity index (χ4v) is 2.51. The van der Waals surface area contributed by atoms with Crippen LogP contribution in [0.2, 0.25) is 0 Å². The fourth-order valence-electron chi connectivity index (χ4n) is 2.51. The van der Waals surface area contributed by atoms with Crippen molar-refractivity contribution in [3.63, 3.8) is 0 Å². The Balaban J connectivity index is 1.55. The molecule has 1 aromatic heterocycles. The van der Waals surface area contributed by atoms with E-state index < -0.39 is 0 Å². The molecule has 0 aliphatic carbocycles. The van der Waals surface area contributed by atoms with Crippen molar-refractivity contribution in [2.45, 2.75) is 13.8 Å². The molecule has 1 amide bonds. The van der Waals surface area contributed by atoms with Crippen LogP contribution in [0.1, 0.15) is 16.7 Å². The standard InChI is InChI=1S/C19H19N3O2/c1-13-7-8-18(14(2)9-13)24-12-19(23)22-21-11-15-10-20-17-6-4-3-5-16(15)17/h3-11,20H,12H2,1-2H3,(H,22,23)/b21-11-. The van der Waals surface area contributed by atoms with Crippen LogP contribution in [-0.4, -0.2) is 23.7 Å². The van der Waals surface area contributed by atoms with E-state index in [4.69, 9.17) is 4.74 Å². The number of aromatic amines is 1. The highest BCUT2D eigenvalue weighted by molar-refractivity contribution is 5.99.